The van der Waals surface area contributed by atoms with Crippen LogP contribution in [0.5, 0.6) is 0 Å². The summed E-state index contributed by atoms with van der Waals surface area (Å²) < 4.78 is 5.06. The lowest BCUT2D eigenvalue weighted by molar-refractivity contribution is -0.149. The molecule has 16 heavy (non-hydrogen) atoms. The van der Waals surface area contributed by atoms with E-state index >= 15 is 0 Å². The van der Waals surface area contributed by atoms with Crippen LogP contribution in [0.4, 0.5) is 0 Å². The molecule has 0 radical (unpaired) electrons. The Kier molecular flexibility index (Phi) is 8.55. The summed E-state index contributed by atoms with van der Waals surface area (Å²) in [6, 6.07) is 1.92. The summed E-state index contributed by atoms with van der Waals surface area (Å²) in [4.78, 5) is 13.8. The van der Waals surface area contributed by atoms with E-state index in [0.717, 1.165) is 19.4 Å². The number of nitrogens with zero attached hydrogens (tertiary/aromatic N) is 2. The maximum atomic E-state index is 11.7. The molecule has 0 aromatic rings. The predicted molar refractivity (Wildman–Crippen MR) is 62.8 cm³/mol. The van der Waals surface area contributed by atoms with Crippen LogP contribution in [0.1, 0.15) is 40.0 Å². The fourth-order valence-corrected chi connectivity index (χ4v) is 1.69. The fraction of sp³-hybridized carbons (Fsp3) is 0.833. The zero-order chi connectivity index (χ0) is 12.4. The molecule has 1 atom stereocenters. The Morgan fingerprint density at radius 2 is 2.12 bits per heavy atom. The first-order valence-corrected chi connectivity index (χ1v) is 5.98. The first kappa shape index (κ1) is 14.9. The molecule has 0 fully saturated rings. The molecule has 0 spiro atoms. The molecule has 4 heteroatoms. The summed E-state index contributed by atoms with van der Waals surface area (Å²) in [6.45, 7) is 7.67. The van der Waals surface area contributed by atoms with Crippen molar-refractivity contribution in [3.8, 4) is 6.07 Å². The molecule has 0 aromatic carbocycles. The van der Waals surface area contributed by atoms with Gasteiger partial charge < -0.3 is 4.74 Å². The van der Waals surface area contributed by atoms with E-state index in [-0.39, 0.29) is 12.0 Å². The Bertz CT molecular complexity index is 236. The van der Waals surface area contributed by atoms with E-state index in [1.165, 1.54) is 0 Å². The minimum atomic E-state index is -0.191. The molecule has 0 rings (SSSR count). The Morgan fingerprint density at radius 1 is 1.44 bits per heavy atom. The molecule has 0 aromatic heterocycles. The Morgan fingerprint density at radius 3 is 2.56 bits per heavy atom. The van der Waals surface area contributed by atoms with Crippen LogP contribution < -0.4 is 0 Å². The van der Waals surface area contributed by atoms with Crippen molar-refractivity contribution in [3.63, 3.8) is 0 Å². The molecular weight excluding hydrogens is 204 g/mol. The van der Waals surface area contributed by atoms with E-state index in [0.29, 0.717) is 19.6 Å². The molecule has 92 valence electrons. The van der Waals surface area contributed by atoms with E-state index in [2.05, 4.69) is 6.07 Å². The Labute approximate surface area is 98.2 Å². The number of carbonyl (C=O) groups is 1. The maximum Gasteiger partial charge on any atom is 0.323 e. The number of ether oxygens (including phenoxy) is 1. The van der Waals surface area contributed by atoms with Gasteiger partial charge in [-0.15, -0.1) is 0 Å². The second-order valence-electron chi connectivity index (χ2n) is 3.59. The van der Waals surface area contributed by atoms with Crippen LogP contribution in [0.3, 0.4) is 0 Å². The van der Waals surface area contributed by atoms with Crippen molar-refractivity contribution in [2.75, 3.05) is 19.7 Å². The Hall–Kier alpha value is -1.08. The van der Waals surface area contributed by atoms with E-state index in [9.17, 15) is 4.79 Å². The molecule has 0 bridgehead atoms. The van der Waals surface area contributed by atoms with Crippen LogP contribution in [-0.4, -0.2) is 36.6 Å². The molecule has 4 nitrogen and oxygen atoms in total. The molecule has 0 aliphatic heterocycles. The van der Waals surface area contributed by atoms with E-state index in [4.69, 9.17) is 10.00 Å². The number of esters is 1. The van der Waals surface area contributed by atoms with Crippen LogP contribution in [0.15, 0.2) is 0 Å². The number of hydrogen-bond acceptors (Lipinski definition) is 4. The van der Waals surface area contributed by atoms with Gasteiger partial charge in [0.15, 0.2) is 0 Å². The van der Waals surface area contributed by atoms with E-state index in [1.54, 1.807) is 0 Å². The largest absolute Gasteiger partial charge is 0.465 e. The van der Waals surface area contributed by atoms with Crippen LogP contribution >= 0.6 is 0 Å². The van der Waals surface area contributed by atoms with Gasteiger partial charge in [-0.3, -0.25) is 9.69 Å². The van der Waals surface area contributed by atoms with Crippen molar-refractivity contribution in [1.29, 1.82) is 5.26 Å². The average molecular weight is 226 g/mol. The molecule has 0 aliphatic carbocycles. The SMILES string of the molecule is CCCC(C(=O)OCC)N(CC)CCC#N. The third-order valence-corrected chi connectivity index (χ3v) is 2.48. The molecule has 0 N–H and O–H groups in total. The second kappa shape index (κ2) is 9.17. The van der Waals surface area contributed by atoms with Crippen molar-refractivity contribution >= 4 is 5.97 Å². The van der Waals surface area contributed by atoms with Crippen molar-refractivity contribution in [3.05, 3.63) is 0 Å². The highest BCUT2D eigenvalue weighted by Gasteiger charge is 2.24. The van der Waals surface area contributed by atoms with E-state index < -0.39 is 0 Å². The van der Waals surface area contributed by atoms with Crippen molar-refractivity contribution < 1.29 is 9.53 Å². The molecule has 0 saturated carbocycles. The normalized spacial score (nSPS) is 12.2. The first-order chi connectivity index (χ1) is 7.71. The number of hydrogen-bond donors (Lipinski definition) is 0. The summed E-state index contributed by atoms with van der Waals surface area (Å²) in [5.41, 5.74) is 0. The highest BCUT2D eigenvalue weighted by molar-refractivity contribution is 5.75. The van der Waals surface area contributed by atoms with E-state index in [1.807, 2.05) is 25.7 Å². The first-order valence-electron chi connectivity index (χ1n) is 5.98. The molecule has 0 heterocycles. The summed E-state index contributed by atoms with van der Waals surface area (Å²) in [7, 11) is 0. The van der Waals surface area contributed by atoms with Gasteiger partial charge in [-0.1, -0.05) is 20.3 Å². The number of likely N-dealkylation sites (N-methyl/N-ethyl adjacent to an activating group) is 1. The standard InChI is InChI=1S/C12H22N2O2/c1-4-8-11(12(15)16-6-3)14(5-2)10-7-9-13/h11H,4-8,10H2,1-3H3. The second-order valence-corrected chi connectivity index (χ2v) is 3.59. The minimum absolute atomic E-state index is 0.163. The summed E-state index contributed by atoms with van der Waals surface area (Å²) in [6.07, 6.45) is 2.18. The highest BCUT2D eigenvalue weighted by Crippen LogP contribution is 2.09. The number of rotatable bonds is 8. The van der Waals surface area contributed by atoms with Gasteiger partial charge >= 0.3 is 5.97 Å². The van der Waals surface area contributed by atoms with Crippen molar-refractivity contribution in [2.24, 2.45) is 0 Å². The van der Waals surface area contributed by atoms with Gasteiger partial charge in [0.1, 0.15) is 6.04 Å². The van der Waals surface area contributed by atoms with Crippen LogP contribution in [0.2, 0.25) is 0 Å². The van der Waals surface area contributed by atoms with Gasteiger partial charge in [-0.2, -0.15) is 5.26 Å². The van der Waals surface area contributed by atoms with Gasteiger partial charge in [0.25, 0.3) is 0 Å². The lowest BCUT2D eigenvalue weighted by Gasteiger charge is -2.27. The van der Waals surface area contributed by atoms with Crippen LogP contribution in [0, 0.1) is 11.3 Å². The molecule has 0 aliphatic rings. The summed E-state index contributed by atoms with van der Waals surface area (Å²) in [5, 5.41) is 8.57. The summed E-state index contributed by atoms with van der Waals surface area (Å²) >= 11 is 0. The molecule has 0 amide bonds. The lowest BCUT2D eigenvalue weighted by Crippen LogP contribution is -2.42. The third kappa shape index (κ3) is 5.13. The maximum absolute atomic E-state index is 11.7. The van der Waals surface area contributed by atoms with Crippen LogP contribution in [-0.2, 0) is 9.53 Å². The van der Waals surface area contributed by atoms with Gasteiger partial charge in [0.2, 0.25) is 0 Å². The smallest absolute Gasteiger partial charge is 0.323 e. The van der Waals surface area contributed by atoms with Gasteiger partial charge in [-0.25, -0.2) is 0 Å². The van der Waals surface area contributed by atoms with Crippen molar-refractivity contribution in [1.82, 2.24) is 4.90 Å². The number of nitriles is 1. The van der Waals surface area contributed by atoms with Crippen molar-refractivity contribution in [2.45, 2.75) is 46.1 Å². The predicted octanol–water partition coefficient (Wildman–Crippen LogP) is 1.95. The van der Waals surface area contributed by atoms with Gasteiger partial charge in [0, 0.05) is 13.0 Å². The van der Waals surface area contributed by atoms with Gasteiger partial charge in [-0.05, 0) is 19.9 Å². The molecule has 0 saturated heterocycles. The fourth-order valence-electron chi connectivity index (χ4n) is 1.69. The lowest BCUT2D eigenvalue weighted by atomic mass is 10.1. The summed E-state index contributed by atoms with van der Waals surface area (Å²) in [5.74, 6) is -0.163. The van der Waals surface area contributed by atoms with Crippen LogP contribution in [0.25, 0.3) is 0 Å². The number of carbonyl (C=O) groups excluding carboxylic acids is 1. The molecular formula is C12H22N2O2. The quantitative estimate of drug-likeness (QED) is 0.594. The minimum Gasteiger partial charge on any atom is -0.465 e. The zero-order valence-electron chi connectivity index (χ0n) is 10.5. The molecule has 1 unspecified atom stereocenters. The zero-order valence-corrected chi connectivity index (χ0v) is 10.5. The monoisotopic (exact) mass is 226 g/mol. The third-order valence-electron chi connectivity index (χ3n) is 2.48. The van der Waals surface area contributed by atoms with Gasteiger partial charge in [0.05, 0.1) is 12.7 Å². The topological polar surface area (TPSA) is 53.3 Å². The highest BCUT2D eigenvalue weighted by atomic mass is 16.5. The Balaban J connectivity index is 4.45. The average Bonchev–Trinajstić information content (AvgIpc) is 2.28.